The number of nitrogens with zero attached hydrogens (tertiary/aromatic N) is 3. The van der Waals surface area contributed by atoms with Crippen LogP contribution in [0, 0.1) is 5.82 Å². The first kappa shape index (κ1) is 21.3. The van der Waals surface area contributed by atoms with Crippen molar-refractivity contribution >= 4 is 5.91 Å². The normalized spacial score (nSPS) is 16.1. The fraction of sp³-hybridized carbons (Fsp3) is 0.435. The van der Waals surface area contributed by atoms with Gasteiger partial charge in [0.15, 0.2) is 11.6 Å². The Labute approximate surface area is 172 Å². The monoisotopic (exact) mass is 399 g/mol. The molecule has 1 fully saturated rings. The van der Waals surface area contributed by atoms with Gasteiger partial charge in [0.2, 0.25) is 5.91 Å². The molecule has 156 valence electrons. The topological polar surface area (TPSA) is 36.0 Å². The molecule has 1 saturated heterocycles. The molecule has 1 aliphatic rings. The minimum Gasteiger partial charge on any atom is -0.494 e. The van der Waals surface area contributed by atoms with Crippen molar-refractivity contribution < 1.29 is 13.9 Å². The predicted octanol–water partition coefficient (Wildman–Crippen LogP) is 3.00. The number of piperazine rings is 1. The number of hydrogen-bond donors (Lipinski definition) is 0. The molecule has 6 heteroatoms. The third-order valence-electron chi connectivity index (χ3n) is 5.60. The first-order chi connectivity index (χ1) is 14.0. The van der Waals surface area contributed by atoms with Crippen LogP contribution < -0.4 is 4.74 Å². The van der Waals surface area contributed by atoms with Crippen molar-refractivity contribution in [1.82, 2.24) is 14.7 Å². The van der Waals surface area contributed by atoms with Gasteiger partial charge in [-0.15, -0.1) is 0 Å². The molecule has 1 atom stereocenters. The van der Waals surface area contributed by atoms with E-state index in [9.17, 15) is 9.18 Å². The number of carbonyl (C=O) groups excluding carboxylic acids is 1. The second-order valence-corrected chi connectivity index (χ2v) is 7.65. The van der Waals surface area contributed by atoms with Crippen LogP contribution in [0.25, 0.3) is 0 Å². The van der Waals surface area contributed by atoms with Gasteiger partial charge in [-0.1, -0.05) is 36.4 Å². The smallest absolute Gasteiger partial charge is 0.239 e. The maximum atomic E-state index is 13.9. The number of hydrogen-bond acceptors (Lipinski definition) is 4. The Morgan fingerprint density at radius 3 is 2.41 bits per heavy atom. The standard InChI is InChI=1S/C23H30FN3O2/c1-18(25(2)16-20-9-10-22(29-3)21(24)15-20)23(28)27-13-11-26(12-14-27)17-19-7-5-4-6-8-19/h4-10,15,18H,11-14,16-17H2,1-3H3. The summed E-state index contributed by atoms with van der Waals surface area (Å²) in [6.07, 6.45) is 0. The minimum atomic E-state index is -0.382. The number of carbonyl (C=O) groups is 1. The third kappa shape index (κ3) is 5.55. The molecule has 2 aromatic carbocycles. The fourth-order valence-corrected chi connectivity index (χ4v) is 3.65. The maximum Gasteiger partial charge on any atom is 0.239 e. The van der Waals surface area contributed by atoms with Crippen molar-refractivity contribution in [1.29, 1.82) is 0 Å². The third-order valence-corrected chi connectivity index (χ3v) is 5.60. The Bertz CT molecular complexity index is 807. The molecule has 0 N–H and O–H groups in total. The molecule has 0 saturated carbocycles. The van der Waals surface area contributed by atoms with Gasteiger partial charge in [-0.05, 0) is 37.2 Å². The van der Waals surface area contributed by atoms with E-state index in [-0.39, 0.29) is 23.5 Å². The van der Waals surface area contributed by atoms with Crippen LogP contribution in [-0.2, 0) is 17.9 Å². The number of amides is 1. The summed E-state index contributed by atoms with van der Waals surface area (Å²) in [4.78, 5) is 19.2. The van der Waals surface area contributed by atoms with E-state index >= 15 is 0 Å². The molecule has 1 heterocycles. The van der Waals surface area contributed by atoms with Gasteiger partial charge in [-0.25, -0.2) is 4.39 Å². The van der Waals surface area contributed by atoms with Crippen LogP contribution in [-0.4, -0.2) is 67.0 Å². The zero-order chi connectivity index (χ0) is 20.8. The Kier molecular flexibility index (Phi) is 7.23. The number of benzene rings is 2. The Morgan fingerprint density at radius 2 is 1.79 bits per heavy atom. The van der Waals surface area contributed by atoms with E-state index in [4.69, 9.17) is 4.74 Å². The SMILES string of the molecule is COc1ccc(CN(C)C(C)C(=O)N2CCN(Cc3ccccc3)CC2)cc1F. The minimum absolute atomic E-state index is 0.126. The van der Waals surface area contributed by atoms with E-state index in [1.54, 1.807) is 6.07 Å². The van der Waals surface area contributed by atoms with Gasteiger partial charge in [0, 0.05) is 39.3 Å². The van der Waals surface area contributed by atoms with E-state index in [0.717, 1.165) is 38.3 Å². The molecule has 0 radical (unpaired) electrons. The molecule has 1 aliphatic heterocycles. The Morgan fingerprint density at radius 1 is 1.10 bits per heavy atom. The van der Waals surface area contributed by atoms with Gasteiger partial charge in [0.1, 0.15) is 0 Å². The first-order valence-electron chi connectivity index (χ1n) is 10.1. The average molecular weight is 400 g/mol. The number of likely N-dealkylation sites (N-methyl/N-ethyl adjacent to an activating group) is 1. The van der Waals surface area contributed by atoms with Gasteiger partial charge in [-0.2, -0.15) is 0 Å². The number of halogens is 1. The van der Waals surface area contributed by atoms with Gasteiger partial charge in [0.25, 0.3) is 0 Å². The van der Waals surface area contributed by atoms with Gasteiger partial charge < -0.3 is 9.64 Å². The molecule has 0 spiro atoms. The molecule has 29 heavy (non-hydrogen) atoms. The van der Waals surface area contributed by atoms with Gasteiger partial charge >= 0.3 is 0 Å². The lowest BCUT2D eigenvalue weighted by Gasteiger charge is -2.37. The fourth-order valence-electron chi connectivity index (χ4n) is 3.65. The average Bonchev–Trinajstić information content (AvgIpc) is 2.74. The summed E-state index contributed by atoms with van der Waals surface area (Å²) < 4.78 is 18.9. The van der Waals surface area contributed by atoms with Crippen molar-refractivity contribution in [3.63, 3.8) is 0 Å². The van der Waals surface area contributed by atoms with Crippen LogP contribution >= 0.6 is 0 Å². The summed E-state index contributed by atoms with van der Waals surface area (Å²) in [6.45, 7) is 6.56. The highest BCUT2D eigenvalue weighted by Crippen LogP contribution is 2.19. The van der Waals surface area contributed by atoms with Crippen LogP contribution in [0.1, 0.15) is 18.1 Å². The molecule has 5 nitrogen and oxygen atoms in total. The van der Waals surface area contributed by atoms with E-state index < -0.39 is 0 Å². The van der Waals surface area contributed by atoms with Crippen LogP contribution in [0.3, 0.4) is 0 Å². The number of methoxy groups -OCH3 is 1. The van der Waals surface area contributed by atoms with Crippen molar-refractivity contribution in [3.05, 3.63) is 65.5 Å². The second-order valence-electron chi connectivity index (χ2n) is 7.65. The van der Waals surface area contributed by atoms with Crippen molar-refractivity contribution in [2.24, 2.45) is 0 Å². The molecule has 0 aromatic heterocycles. The van der Waals surface area contributed by atoms with E-state index in [1.807, 2.05) is 35.9 Å². The van der Waals surface area contributed by atoms with E-state index in [2.05, 4.69) is 29.2 Å². The Balaban J connectivity index is 1.50. The molecular weight excluding hydrogens is 369 g/mol. The number of rotatable bonds is 7. The molecular formula is C23H30FN3O2. The van der Waals surface area contributed by atoms with Crippen molar-refractivity contribution in [2.45, 2.75) is 26.1 Å². The van der Waals surface area contributed by atoms with Crippen LogP contribution in [0.15, 0.2) is 48.5 Å². The summed E-state index contributed by atoms with van der Waals surface area (Å²) in [5.74, 6) is -0.0262. The largest absolute Gasteiger partial charge is 0.494 e. The second kappa shape index (κ2) is 9.85. The van der Waals surface area contributed by atoms with E-state index in [1.165, 1.54) is 18.7 Å². The highest BCUT2D eigenvalue weighted by atomic mass is 19.1. The van der Waals surface area contributed by atoms with Gasteiger partial charge in [-0.3, -0.25) is 14.6 Å². The summed E-state index contributed by atoms with van der Waals surface area (Å²) in [6, 6.07) is 15.1. The number of ether oxygens (including phenoxy) is 1. The highest BCUT2D eigenvalue weighted by molar-refractivity contribution is 5.81. The Hall–Kier alpha value is -2.44. The maximum absolute atomic E-state index is 13.9. The van der Waals surface area contributed by atoms with Gasteiger partial charge in [0.05, 0.1) is 13.2 Å². The lowest BCUT2D eigenvalue weighted by Crippen LogP contribution is -2.53. The molecule has 0 bridgehead atoms. The lowest BCUT2D eigenvalue weighted by molar-refractivity contribution is -0.138. The summed E-state index contributed by atoms with van der Waals surface area (Å²) in [5, 5.41) is 0. The van der Waals surface area contributed by atoms with Crippen molar-refractivity contribution in [2.75, 3.05) is 40.3 Å². The molecule has 1 amide bonds. The lowest BCUT2D eigenvalue weighted by atomic mass is 10.1. The van der Waals surface area contributed by atoms with Crippen LogP contribution in [0.2, 0.25) is 0 Å². The van der Waals surface area contributed by atoms with Crippen LogP contribution in [0.4, 0.5) is 4.39 Å². The summed E-state index contributed by atoms with van der Waals surface area (Å²) >= 11 is 0. The zero-order valence-electron chi connectivity index (χ0n) is 17.5. The molecule has 0 aliphatic carbocycles. The van der Waals surface area contributed by atoms with Crippen molar-refractivity contribution in [3.8, 4) is 5.75 Å². The summed E-state index contributed by atoms with van der Waals surface area (Å²) in [5.41, 5.74) is 2.12. The highest BCUT2D eigenvalue weighted by Gasteiger charge is 2.27. The molecule has 1 unspecified atom stereocenters. The van der Waals surface area contributed by atoms with E-state index in [0.29, 0.717) is 6.54 Å². The quantitative estimate of drug-likeness (QED) is 0.717. The zero-order valence-corrected chi connectivity index (χ0v) is 17.5. The molecule has 2 aromatic rings. The summed E-state index contributed by atoms with van der Waals surface area (Å²) in [7, 11) is 3.35. The predicted molar refractivity (Wildman–Crippen MR) is 112 cm³/mol. The van der Waals surface area contributed by atoms with Crippen LogP contribution in [0.5, 0.6) is 5.75 Å². The first-order valence-corrected chi connectivity index (χ1v) is 10.1. The molecule has 3 rings (SSSR count).